The van der Waals surface area contributed by atoms with Gasteiger partial charge in [0.15, 0.2) is 0 Å². The Morgan fingerprint density at radius 1 is 1.36 bits per heavy atom. The predicted molar refractivity (Wildman–Crippen MR) is 60.5 cm³/mol. The lowest BCUT2D eigenvalue weighted by atomic mass is 10.0. The van der Waals surface area contributed by atoms with E-state index in [1.807, 2.05) is 0 Å². The zero-order valence-corrected chi connectivity index (χ0v) is 10.3. The molecule has 14 heavy (non-hydrogen) atoms. The van der Waals surface area contributed by atoms with Crippen LogP contribution in [0, 0.1) is 5.92 Å². The van der Waals surface area contributed by atoms with Gasteiger partial charge in [0.1, 0.15) is 0 Å². The Morgan fingerprint density at radius 3 is 2.50 bits per heavy atom. The van der Waals surface area contributed by atoms with E-state index in [0.29, 0.717) is 12.1 Å². The highest BCUT2D eigenvalue weighted by Gasteiger charge is 2.34. The quantitative estimate of drug-likeness (QED) is 0.690. The lowest BCUT2D eigenvalue weighted by Crippen LogP contribution is -2.38. The molecule has 0 bridgehead atoms. The van der Waals surface area contributed by atoms with Crippen LogP contribution in [0.5, 0.6) is 0 Å². The topological polar surface area (TPSA) is 12.5 Å². The molecule has 2 heteroatoms. The summed E-state index contributed by atoms with van der Waals surface area (Å²) in [5.74, 6) is 0.815. The van der Waals surface area contributed by atoms with Gasteiger partial charge >= 0.3 is 0 Å². The molecule has 0 aliphatic carbocycles. The summed E-state index contributed by atoms with van der Waals surface area (Å²) in [7, 11) is 0. The Morgan fingerprint density at radius 2 is 2.00 bits per heavy atom. The second-order valence-corrected chi connectivity index (χ2v) is 4.82. The molecule has 0 spiro atoms. The molecule has 0 aromatic rings. The number of likely N-dealkylation sites (N-methyl/N-ethyl adjacent to an activating group) is 1. The molecule has 1 saturated heterocycles. The van der Waals surface area contributed by atoms with Gasteiger partial charge in [-0.3, -0.25) is 4.90 Å². The van der Waals surface area contributed by atoms with Gasteiger partial charge in [0, 0.05) is 12.1 Å². The molecule has 84 valence electrons. The Bertz CT molecular complexity index is 170. The third-order valence-electron chi connectivity index (χ3n) is 3.45. The lowest BCUT2D eigenvalue weighted by Gasteiger charge is -2.27. The number of hydrogen-bond donors (Lipinski definition) is 0. The molecule has 3 unspecified atom stereocenters. The number of ether oxygens (including phenoxy) is 1. The molecule has 1 fully saturated rings. The maximum atomic E-state index is 5.71. The fourth-order valence-electron chi connectivity index (χ4n) is 2.43. The van der Waals surface area contributed by atoms with E-state index in [9.17, 15) is 0 Å². The number of rotatable bonds is 4. The van der Waals surface area contributed by atoms with Crippen LogP contribution in [0.25, 0.3) is 0 Å². The number of hydrogen-bond acceptors (Lipinski definition) is 2. The SMILES string of the molecule is CCN1C(COC(C)C)CC(C)C1C. The average Bonchev–Trinajstić information content (AvgIpc) is 2.39. The van der Waals surface area contributed by atoms with Crippen LogP contribution in [-0.2, 0) is 4.74 Å². The molecule has 0 amide bonds. The van der Waals surface area contributed by atoms with Crippen LogP contribution in [-0.4, -0.2) is 36.2 Å². The molecule has 0 radical (unpaired) electrons. The van der Waals surface area contributed by atoms with Crippen molar-refractivity contribution in [2.75, 3.05) is 13.2 Å². The van der Waals surface area contributed by atoms with Gasteiger partial charge in [-0.1, -0.05) is 13.8 Å². The standard InChI is InChI=1S/C12H25NO/c1-6-13-11(5)10(4)7-12(13)8-14-9(2)3/h9-12H,6-8H2,1-5H3. The van der Waals surface area contributed by atoms with Crippen LogP contribution in [0.2, 0.25) is 0 Å². The Kier molecular flexibility index (Phi) is 4.39. The van der Waals surface area contributed by atoms with Crippen LogP contribution < -0.4 is 0 Å². The first-order valence-electron chi connectivity index (χ1n) is 5.93. The highest BCUT2D eigenvalue weighted by molar-refractivity contribution is 4.88. The minimum absolute atomic E-state index is 0.361. The van der Waals surface area contributed by atoms with Gasteiger partial charge in [-0.05, 0) is 39.7 Å². The first-order valence-corrected chi connectivity index (χ1v) is 5.93. The van der Waals surface area contributed by atoms with Crippen molar-refractivity contribution in [2.45, 2.75) is 59.2 Å². The highest BCUT2D eigenvalue weighted by Crippen LogP contribution is 2.29. The summed E-state index contributed by atoms with van der Waals surface area (Å²) in [6.45, 7) is 13.2. The molecule has 0 N–H and O–H groups in total. The van der Waals surface area contributed by atoms with Crippen LogP contribution in [0.15, 0.2) is 0 Å². The first-order chi connectivity index (χ1) is 6.56. The van der Waals surface area contributed by atoms with Gasteiger partial charge < -0.3 is 4.74 Å². The first kappa shape index (κ1) is 12.0. The van der Waals surface area contributed by atoms with Crippen LogP contribution in [0.1, 0.15) is 41.0 Å². The van der Waals surface area contributed by atoms with Crippen molar-refractivity contribution in [2.24, 2.45) is 5.92 Å². The third-order valence-corrected chi connectivity index (χ3v) is 3.45. The lowest BCUT2D eigenvalue weighted by molar-refractivity contribution is 0.0324. The molecule has 1 rings (SSSR count). The minimum atomic E-state index is 0.361. The van der Waals surface area contributed by atoms with Gasteiger partial charge in [-0.25, -0.2) is 0 Å². The Labute approximate surface area is 88.6 Å². The summed E-state index contributed by atoms with van der Waals surface area (Å²) in [4.78, 5) is 2.58. The van der Waals surface area contributed by atoms with E-state index in [-0.39, 0.29) is 0 Å². The maximum absolute atomic E-state index is 5.71. The summed E-state index contributed by atoms with van der Waals surface area (Å²) in [6.07, 6.45) is 1.65. The molecular weight excluding hydrogens is 174 g/mol. The summed E-state index contributed by atoms with van der Waals surface area (Å²) >= 11 is 0. The van der Waals surface area contributed by atoms with Crippen molar-refractivity contribution in [3.8, 4) is 0 Å². The monoisotopic (exact) mass is 199 g/mol. The van der Waals surface area contributed by atoms with Crippen molar-refractivity contribution >= 4 is 0 Å². The Hall–Kier alpha value is -0.0800. The van der Waals surface area contributed by atoms with Crippen molar-refractivity contribution in [3.05, 3.63) is 0 Å². The van der Waals surface area contributed by atoms with E-state index >= 15 is 0 Å². The van der Waals surface area contributed by atoms with Gasteiger partial charge in [-0.2, -0.15) is 0 Å². The summed E-state index contributed by atoms with van der Waals surface area (Å²) in [6, 6.07) is 1.37. The van der Waals surface area contributed by atoms with E-state index in [1.54, 1.807) is 0 Å². The summed E-state index contributed by atoms with van der Waals surface area (Å²) in [5.41, 5.74) is 0. The third kappa shape index (κ3) is 2.71. The molecule has 0 aromatic carbocycles. The van der Waals surface area contributed by atoms with E-state index in [0.717, 1.165) is 25.1 Å². The zero-order chi connectivity index (χ0) is 10.7. The molecule has 3 atom stereocenters. The zero-order valence-electron chi connectivity index (χ0n) is 10.3. The predicted octanol–water partition coefficient (Wildman–Crippen LogP) is 2.53. The second-order valence-electron chi connectivity index (χ2n) is 4.82. The molecule has 1 heterocycles. The van der Waals surface area contributed by atoms with Crippen LogP contribution in [0.4, 0.5) is 0 Å². The van der Waals surface area contributed by atoms with E-state index < -0.39 is 0 Å². The minimum Gasteiger partial charge on any atom is -0.377 e. The van der Waals surface area contributed by atoms with Crippen molar-refractivity contribution < 1.29 is 4.74 Å². The molecule has 0 aromatic heterocycles. The summed E-state index contributed by atoms with van der Waals surface area (Å²) < 4.78 is 5.71. The van der Waals surface area contributed by atoms with Gasteiger partial charge in [0.25, 0.3) is 0 Å². The average molecular weight is 199 g/mol. The van der Waals surface area contributed by atoms with Gasteiger partial charge in [-0.15, -0.1) is 0 Å². The highest BCUT2D eigenvalue weighted by atomic mass is 16.5. The van der Waals surface area contributed by atoms with Crippen molar-refractivity contribution in [1.82, 2.24) is 4.90 Å². The van der Waals surface area contributed by atoms with Gasteiger partial charge in [0.2, 0.25) is 0 Å². The number of likely N-dealkylation sites (tertiary alicyclic amines) is 1. The second kappa shape index (κ2) is 5.13. The molecule has 1 aliphatic rings. The van der Waals surface area contributed by atoms with E-state index in [2.05, 4.69) is 39.5 Å². The van der Waals surface area contributed by atoms with Crippen LogP contribution in [0.3, 0.4) is 0 Å². The van der Waals surface area contributed by atoms with Crippen molar-refractivity contribution in [1.29, 1.82) is 0 Å². The van der Waals surface area contributed by atoms with E-state index in [1.165, 1.54) is 6.42 Å². The smallest absolute Gasteiger partial charge is 0.0625 e. The fraction of sp³-hybridized carbons (Fsp3) is 1.00. The van der Waals surface area contributed by atoms with Gasteiger partial charge in [0.05, 0.1) is 12.7 Å². The fourth-order valence-corrected chi connectivity index (χ4v) is 2.43. The van der Waals surface area contributed by atoms with Crippen molar-refractivity contribution in [3.63, 3.8) is 0 Å². The largest absolute Gasteiger partial charge is 0.377 e. The van der Waals surface area contributed by atoms with E-state index in [4.69, 9.17) is 4.74 Å². The molecular formula is C12H25NO. The molecule has 1 aliphatic heterocycles. The van der Waals surface area contributed by atoms with Crippen LogP contribution >= 0.6 is 0 Å². The summed E-state index contributed by atoms with van der Waals surface area (Å²) in [5, 5.41) is 0. The maximum Gasteiger partial charge on any atom is 0.0625 e. The molecule has 0 saturated carbocycles. The molecule has 2 nitrogen and oxygen atoms in total. The Balaban J connectivity index is 2.44. The normalized spacial score (nSPS) is 34.3. The number of nitrogens with zero attached hydrogens (tertiary/aromatic N) is 1.